The van der Waals surface area contributed by atoms with E-state index in [1.807, 2.05) is 0 Å². The van der Waals surface area contributed by atoms with Crippen molar-refractivity contribution in [2.75, 3.05) is 10.8 Å². The molecule has 0 bridgehead atoms. The predicted octanol–water partition coefficient (Wildman–Crippen LogP) is 2.70. The highest BCUT2D eigenvalue weighted by Crippen LogP contribution is 2.38. The van der Waals surface area contributed by atoms with Crippen molar-refractivity contribution in [3.8, 4) is 0 Å². The van der Waals surface area contributed by atoms with E-state index in [1.165, 1.54) is 29.6 Å². The zero-order chi connectivity index (χ0) is 23.0. The van der Waals surface area contributed by atoms with E-state index in [1.54, 1.807) is 0 Å². The van der Waals surface area contributed by atoms with Gasteiger partial charge >= 0.3 is 15.5 Å². The van der Waals surface area contributed by atoms with Gasteiger partial charge in [0.1, 0.15) is 10.4 Å². The van der Waals surface area contributed by atoms with Crippen LogP contribution in [0.15, 0.2) is 46.0 Å². The molecule has 1 aliphatic heterocycles. The minimum Gasteiger partial charge on any atom is -0.366 e. The smallest absolute Gasteiger partial charge is 0.366 e. The second-order valence-corrected chi connectivity index (χ2v) is 11.5. The monoisotopic (exact) mass is 497 g/mol. The molecule has 14 heteroatoms. The molecule has 8 nitrogen and oxygen atoms in total. The van der Waals surface area contributed by atoms with Crippen LogP contribution in [-0.2, 0) is 20.0 Å². The average molecular weight is 498 g/mol. The summed E-state index contributed by atoms with van der Waals surface area (Å²) in [5.41, 5.74) is -1.06. The van der Waals surface area contributed by atoms with Crippen molar-refractivity contribution in [2.24, 2.45) is 5.73 Å². The van der Waals surface area contributed by atoms with Gasteiger partial charge in [0, 0.05) is 6.54 Å². The highest BCUT2D eigenvalue weighted by atomic mass is 32.2. The first-order valence-corrected chi connectivity index (χ1v) is 12.7. The van der Waals surface area contributed by atoms with Crippen LogP contribution in [0.1, 0.15) is 29.6 Å². The van der Waals surface area contributed by atoms with Gasteiger partial charge in [-0.15, -0.1) is 11.3 Å². The lowest BCUT2D eigenvalue weighted by Crippen LogP contribution is -2.57. The molecular formula is C17H18F3N3O5S3. The Balaban J connectivity index is 2.18. The predicted molar refractivity (Wildman–Crippen MR) is 108 cm³/mol. The lowest BCUT2D eigenvalue weighted by molar-refractivity contribution is -0.0444. The molecule has 1 atom stereocenters. The third-order valence-corrected chi connectivity index (χ3v) is 9.61. The summed E-state index contributed by atoms with van der Waals surface area (Å²) in [5, 5.41) is 1.31. The molecule has 0 saturated carbocycles. The molecule has 1 fully saturated rings. The van der Waals surface area contributed by atoms with Crippen molar-refractivity contribution < 1.29 is 34.8 Å². The number of piperidine rings is 1. The molecule has 31 heavy (non-hydrogen) atoms. The Morgan fingerprint density at radius 2 is 1.74 bits per heavy atom. The molecule has 1 aliphatic rings. The molecule has 0 radical (unpaired) electrons. The highest BCUT2D eigenvalue weighted by Gasteiger charge is 2.54. The number of para-hydroxylation sites is 1. The van der Waals surface area contributed by atoms with Crippen molar-refractivity contribution in [3.63, 3.8) is 0 Å². The van der Waals surface area contributed by atoms with Crippen molar-refractivity contribution in [1.82, 2.24) is 4.31 Å². The van der Waals surface area contributed by atoms with Crippen molar-refractivity contribution in [1.29, 1.82) is 0 Å². The largest absolute Gasteiger partial charge is 0.516 e. The van der Waals surface area contributed by atoms with E-state index >= 15 is 0 Å². The van der Waals surface area contributed by atoms with Crippen LogP contribution in [0.5, 0.6) is 0 Å². The standard InChI is InChI=1S/C17H18F3N3O5S3/c18-17(19,20)31(27,28)23(12-6-2-1-3-7-12)14-8-4-5-10-22(14)30(25,26)16-13(15(21)24)9-11-29-16/h1-3,6-7,9,11,14H,4-5,8,10H2,(H2,21,24). The number of rotatable bonds is 6. The van der Waals surface area contributed by atoms with Gasteiger partial charge in [-0.1, -0.05) is 18.2 Å². The van der Waals surface area contributed by atoms with Gasteiger partial charge in [0.2, 0.25) is 0 Å². The van der Waals surface area contributed by atoms with E-state index < -0.39 is 41.8 Å². The first-order chi connectivity index (χ1) is 14.4. The van der Waals surface area contributed by atoms with Gasteiger partial charge < -0.3 is 5.73 Å². The topological polar surface area (TPSA) is 118 Å². The Morgan fingerprint density at radius 3 is 2.32 bits per heavy atom. The quantitative estimate of drug-likeness (QED) is 0.659. The van der Waals surface area contributed by atoms with Crippen LogP contribution < -0.4 is 10.0 Å². The van der Waals surface area contributed by atoms with E-state index in [9.17, 15) is 34.8 Å². The second-order valence-electron chi connectivity index (χ2n) is 6.66. The summed E-state index contributed by atoms with van der Waals surface area (Å²) in [6.45, 7) is -0.222. The molecule has 2 N–H and O–H groups in total. The number of alkyl halides is 3. The lowest BCUT2D eigenvalue weighted by Gasteiger charge is -2.41. The molecule has 1 aromatic carbocycles. The fourth-order valence-electron chi connectivity index (χ4n) is 3.34. The fourth-order valence-corrected chi connectivity index (χ4v) is 7.68. The van der Waals surface area contributed by atoms with Crippen LogP contribution in [0, 0.1) is 0 Å². The van der Waals surface area contributed by atoms with Crippen LogP contribution in [0.25, 0.3) is 0 Å². The molecule has 3 rings (SSSR count). The van der Waals surface area contributed by atoms with Gasteiger partial charge in [0.25, 0.3) is 15.9 Å². The van der Waals surface area contributed by atoms with Crippen molar-refractivity contribution >= 4 is 43.0 Å². The Bertz CT molecular complexity index is 1160. The number of carbonyl (C=O) groups excluding carboxylic acids is 1. The molecule has 0 spiro atoms. The third kappa shape index (κ3) is 4.29. The lowest BCUT2D eigenvalue weighted by atomic mass is 10.1. The summed E-state index contributed by atoms with van der Waals surface area (Å²) in [6.07, 6.45) is -1.22. The van der Waals surface area contributed by atoms with E-state index in [-0.39, 0.29) is 28.5 Å². The zero-order valence-electron chi connectivity index (χ0n) is 15.8. The molecule has 1 aromatic heterocycles. The number of amides is 1. The van der Waals surface area contributed by atoms with Gasteiger partial charge in [-0.25, -0.2) is 12.7 Å². The summed E-state index contributed by atoms with van der Waals surface area (Å²) >= 11 is 0.680. The molecule has 2 aromatic rings. The zero-order valence-corrected chi connectivity index (χ0v) is 18.3. The number of halogens is 3. The van der Waals surface area contributed by atoms with E-state index in [0.717, 1.165) is 12.1 Å². The molecule has 0 aliphatic carbocycles. The second kappa shape index (κ2) is 8.41. The van der Waals surface area contributed by atoms with Crippen molar-refractivity contribution in [3.05, 3.63) is 47.3 Å². The van der Waals surface area contributed by atoms with Crippen LogP contribution in [-0.4, -0.2) is 45.3 Å². The van der Waals surface area contributed by atoms with Gasteiger partial charge in [-0.2, -0.15) is 25.9 Å². The number of hydrogen-bond donors (Lipinski definition) is 1. The minimum atomic E-state index is -5.94. The Kier molecular flexibility index (Phi) is 6.37. The number of benzene rings is 1. The minimum absolute atomic E-state index is 0.0985. The molecular weight excluding hydrogens is 479 g/mol. The van der Waals surface area contributed by atoms with Gasteiger partial charge in [-0.05, 0) is 42.8 Å². The maximum absolute atomic E-state index is 13.5. The van der Waals surface area contributed by atoms with E-state index in [0.29, 0.717) is 28.5 Å². The van der Waals surface area contributed by atoms with Crippen LogP contribution in [0.2, 0.25) is 0 Å². The maximum atomic E-state index is 13.5. The number of carbonyl (C=O) groups is 1. The van der Waals surface area contributed by atoms with E-state index in [4.69, 9.17) is 5.73 Å². The molecule has 1 saturated heterocycles. The number of sulfonamides is 2. The number of nitrogens with zero attached hydrogens (tertiary/aromatic N) is 2. The van der Waals surface area contributed by atoms with E-state index in [2.05, 4.69) is 0 Å². The number of primary amides is 1. The summed E-state index contributed by atoms with van der Waals surface area (Å²) in [4.78, 5) is 11.6. The summed E-state index contributed by atoms with van der Waals surface area (Å²) in [7, 11) is -10.5. The summed E-state index contributed by atoms with van der Waals surface area (Å²) < 4.78 is 92.6. The third-order valence-electron chi connectivity index (χ3n) is 4.69. The van der Waals surface area contributed by atoms with Crippen LogP contribution in [0.3, 0.4) is 0 Å². The molecule has 1 unspecified atom stereocenters. The summed E-state index contributed by atoms with van der Waals surface area (Å²) in [6, 6.07) is 7.69. The number of nitrogens with two attached hydrogens (primary N) is 1. The first kappa shape index (κ1) is 23.5. The number of thiophene rings is 1. The number of anilines is 1. The molecule has 1 amide bonds. The molecule has 170 valence electrons. The molecule has 2 heterocycles. The Hall–Kier alpha value is -2.16. The van der Waals surface area contributed by atoms with Crippen molar-refractivity contribution in [2.45, 2.75) is 35.1 Å². The highest BCUT2D eigenvalue weighted by molar-refractivity contribution is 7.94. The van der Waals surface area contributed by atoms with Gasteiger partial charge in [0.15, 0.2) is 0 Å². The van der Waals surface area contributed by atoms with Gasteiger partial charge in [-0.3, -0.25) is 4.79 Å². The van der Waals surface area contributed by atoms with Gasteiger partial charge in [0.05, 0.1) is 11.3 Å². The SMILES string of the molecule is NC(=O)c1ccsc1S(=O)(=O)N1CCCCC1N(c1ccccc1)S(=O)(=O)C(F)(F)F. The fraction of sp³-hybridized carbons (Fsp3) is 0.353. The Labute approximate surface area is 181 Å². The van der Waals surface area contributed by atoms with Crippen LogP contribution in [0.4, 0.5) is 18.9 Å². The first-order valence-electron chi connectivity index (χ1n) is 8.94. The summed E-state index contributed by atoms with van der Waals surface area (Å²) in [5.74, 6) is -1.02. The Morgan fingerprint density at radius 1 is 1.10 bits per heavy atom. The van der Waals surface area contributed by atoms with Crippen LogP contribution >= 0.6 is 11.3 Å². The maximum Gasteiger partial charge on any atom is 0.516 e. The normalized spacial score (nSPS) is 18.6. The average Bonchev–Trinajstić information content (AvgIpc) is 3.19. The number of hydrogen-bond acceptors (Lipinski definition) is 6.